The second kappa shape index (κ2) is 10.0. The van der Waals surface area contributed by atoms with Crippen molar-refractivity contribution in [2.24, 2.45) is 0 Å². The Hall–Kier alpha value is -3.80. The van der Waals surface area contributed by atoms with E-state index >= 15 is 0 Å². The molecule has 3 aromatic rings. The lowest BCUT2D eigenvalue weighted by molar-refractivity contribution is -0.116. The molecule has 0 unspecified atom stereocenters. The molecule has 0 fully saturated rings. The Morgan fingerprint density at radius 1 is 0.844 bits per heavy atom. The van der Waals surface area contributed by atoms with E-state index in [4.69, 9.17) is 4.74 Å². The zero-order chi connectivity index (χ0) is 23.3. The molecule has 3 aromatic carbocycles. The van der Waals surface area contributed by atoms with Gasteiger partial charge in [-0.05, 0) is 68.7 Å². The Kier molecular flexibility index (Phi) is 7.15. The minimum absolute atomic E-state index is 0.0838. The molecule has 0 aliphatic rings. The number of carbonyl (C=O) groups excluding carboxylic acids is 2. The van der Waals surface area contributed by atoms with Crippen molar-refractivity contribution in [3.63, 3.8) is 0 Å². The van der Waals surface area contributed by atoms with Crippen molar-refractivity contribution < 1.29 is 14.3 Å². The molecule has 0 atom stereocenters. The minimum Gasteiger partial charge on any atom is -0.455 e. The summed E-state index contributed by atoms with van der Waals surface area (Å²) in [5, 5.41) is 5.75. The summed E-state index contributed by atoms with van der Waals surface area (Å²) in [7, 11) is 1.58. The molecule has 6 nitrogen and oxygen atoms in total. The van der Waals surface area contributed by atoms with Crippen LogP contribution in [0.15, 0.2) is 60.7 Å². The molecule has 0 spiro atoms. The van der Waals surface area contributed by atoms with E-state index in [1.54, 1.807) is 19.2 Å². The number of aryl methyl sites for hydroxylation is 4. The van der Waals surface area contributed by atoms with Crippen LogP contribution < -0.4 is 15.4 Å². The average molecular weight is 432 g/mol. The number of para-hydroxylation sites is 2. The number of nitrogens with zero attached hydrogens (tertiary/aromatic N) is 1. The van der Waals surface area contributed by atoms with E-state index < -0.39 is 6.03 Å². The van der Waals surface area contributed by atoms with Crippen molar-refractivity contribution in [3.8, 4) is 11.5 Å². The van der Waals surface area contributed by atoms with Crippen LogP contribution in [0.2, 0.25) is 0 Å². The van der Waals surface area contributed by atoms with Gasteiger partial charge in [-0.15, -0.1) is 0 Å². The molecule has 0 saturated carbocycles. The highest BCUT2D eigenvalue weighted by molar-refractivity contribution is 5.98. The third-order valence-corrected chi connectivity index (χ3v) is 5.01. The number of rotatable bonds is 6. The monoisotopic (exact) mass is 431 g/mol. The Balaban J connectivity index is 1.64. The van der Waals surface area contributed by atoms with Crippen LogP contribution in [0.4, 0.5) is 16.2 Å². The van der Waals surface area contributed by atoms with Crippen molar-refractivity contribution >= 4 is 23.3 Å². The van der Waals surface area contributed by atoms with Crippen molar-refractivity contribution in [1.82, 2.24) is 4.90 Å². The predicted molar refractivity (Wildman–Crippen MR) is 129 cm³/mol. The lowest BCUT2D eigenvalue weighted by atomic mass is 10.1. The van der Waals surface area contributed by atoms with Gasteiger partial charge in [0, 0.05) is 12.7 Å². The van der Waals surface area contributed by atoms with E-state index in [9.17, 15) is 9.59 Å². The van der Waals surface area contributed by atoms with Crippen LogP contribution in [0.5, 0.6) is 11.5 Å². The van der Waals surface area contributed by atoms with Gasteiger partial charge in [0.1, 0.15) is 12.3 Å². The molecule has 166 valence electrons. The van der Waals surface area contributed by atoms with Crippen LogP contribution >= 0.6 is 0 Å². The van der Waals surface area contributed by atoms with Crippen LogP contribution in [0, 0.1) is 27.7 Å². The molecule has 3 rings (SSSR count). The smallest absolute Gasteiger partial charge is 0.322 e. The second-order valence-electron chi connectivity index (χ2n) is 8.02. The molecule has 6 heteroatoms. The predicted octanol–water partition coefficient (Wildman–Crippen LogP) is 5.81. The van der Waals surface area contributed by atoms with Crippen molar-refractivity contribution in [1.29, 1.82) is 0 Å². The highest BCUT2D eigenvalue weighted by Gasteiger charge is 2.16. The molecule has 2 N–H and O–H groups in total. The highest BCUT2D eigenvalue weighted by Crippen LogP contribution is 2.30. The van der Waals surface area contributed by atoms with Crippen LogP contribution in [-0.2, 0) is 4.79 Å². The van der Waals surface area contributed by atoms with Gasteiger partial charge in [-0.3, -0.25) is 4.79 Å². The third kappa shape index (κ3) is 5.88. The fourth-order valence-corrected chi connectivity index (χ4v) is 3.52. The van der Waals surface area contributed by atoms with Gasteiger partial charge in [0.25, 0.3) is 0 Å². The Bertz CT molecular complexity index is 1120. The molecular formula is C26H29N3O3. The van der Waals surface area contributed by atoms with Gasteiger partial charge in [-0.2, -0.15) is 0 Å². The zero-order valence-corrected chi connectivity index (χ0v) is 19.2. The first-order valence-corrected chi connectivity index (χ1v) is 10.5. The fourth-order valence-electron chi connectivity index (χ4n) is 3.52. The number of benzene rings is 3. The van der Waals surface area contributed by atoms with E-state index in [2.05, 4.69) is 10.6 Å². The molecule has 0 heterocycles. The summed E-state index contributed by atoms with van der Waals surface area (Å²) in [6.07, 6.45) is 0. The summed E-state index contributed by atoms with van der Waals surface area (Å²) in [5.41, 5.74) is 5.51. The first kappa shape index (κ1) is 22.9. The number of amides is 3. The molecule has 3 amide bonds. The minimum atomic E-state index is -0.405. The second-order valence-corrected chi connectivity index (χ2v) is 8.02. The molecule has 0 saturated heterocycles. The van der Waals surface area contributed by atoms with E-state index in [0.717, 1.165) is 27.9 Å². The standard InChI is InChI=1S/C26H29N3O3/c1-17-9-8-10-21(15-17)32-23-12-7-6-11-22(23)27-26(31)29(5)16-24(30)28-25-19(3)13-18(2)14-20(25)4/h6-15H,16H2,1-5H3,(H,27,31)(H,28,30). The van der Waals surface area contributed by atoms with Crippen LogP contribution in [0.3, 0.4) is 0 Å². The van der Waals surface area contributed by atoms with Gasteiger partial charge in [0.15, 0.2) is 5.75 Å². The fraction of sp³-hybridized carbons (Fsp3) is 0.231. The number of urea groups is 1. The topological polar surface area (TPSA) is 70.7 Å². The molecular weight excluding hydrogens is 402 g/mol. The number of anilines is 2. The molecule has 32 heavy (non-hydrogen) atoms. The van der Waals surface area contributed by atoms with Crippen LogP contribution in [0.25, 0.3) is 0 Å². The Morgan fingerprint density at radius 2 is 1.53 bits per heavy atom. The average Bonchev–Trinajstić information content (AvgIpc) is 2.72. The van der Waals surface area contributed by atoms with E-state index in [1.807, 2.05) is 76.2 Å². The first-order chi connectivity index (χ1) is 15.2. The van der Waals surface area contributed by atoms with Gasteiger partial charge in [-0.1, -0.05) is 42.0 Å². The number of carbonyl (C=O) groups is 2. The molecule has 0 radical (unpaired) electrons. The van der Waals surface area contributed by atoms with Crippen molar-refractivity contribution in [2.45, 2.75) is 27.7 Å². The third-order valence-electron chi connectivity index (χ3n) is 5.01. The van der Waals surface area contributed by atoms with Crippen molar-refractivity contribution in [2.75, 3.05) is 24.2 Å². The first-order valence-electron chi connectivity index (χ1n) is 10.5. The van der Waals surface area contributed by atoms with Gasteiger partial charge >= 0.3 is 6.03 Å². The van der Waals surface area contributed by atoms with Gasteiger partial charge in [0.05, 0.1) is 5.69 Å². The van der Waals surface area contributed by atoms with Crippen LogP contribution in [0.1, 0.15) is 22.3 Å². The quantitative estimate of drug-likeness (QED) is 0.517. The number of hydrogen-bond donors (Lipinski definition) is 2. The summed E-state index contributed by atoms with van der Waals surface area (Å²) in [5.74, 6) is 0.945. The normalized spacial score (nSPS) is 10.4. The summed E-state index contributed by atoms with van der Waals surface area (Å²) in [6, 6.07) is 18.5. The zero-order valence-electron chi connectivity index (χ0n) is 19.2. The van der Waals surface area contributed by atoms with Gasteiger partial charge in [0.2, 0.25) is 5.91 Å². The maximum Gasteiger partial charge on any atom is 0.322 e. The number of hydrogen-bond acceptors (Lipinski definition) is 3. The molecule has 0 bridgehead atoms. The lowest BCUT2D eigenvalue weighted by Gasteiger charge is -2.20. The maximum atomic E-state index is 12.7. The lowest BCUT2D eigenvalue weighted by Crippen LogP contribution is -2.37. The number of likely N-dealkylation sites (N-methyl/N-ethyl adjacent to an activating group) is 1. The molecule has 0 aliphatic carbocycles. The molecule has 0 aromatic heterocycles. The SMILES string of the molecule is Cc1cccc(Oc2ccccc2NC(=O)N(C)CC(=O)Nc2c(C)cc(C)cc2C)c1. The van der Waals surface area contributed by atoms with Gasteiger partial charge in [-0.25, -0.2) is 4.79 Å². The Labute approximate surface area is 189 Å². The van der Waals surface area contributed by atoms with Crippen molar-refractivity contribution in [3.05, 3.63) is 82.9 Å². The summed E-state index contributed by atoms with van der Waals surface area (Å²) in [4.78, 5) is 26.6. The largest absolute Gasteiger partial charge is 0.455 e. The number of nitrogens with one attached hydrogen (secondary N) is 2. The Morgan fingerprint density at radius 3 is 2.22 bits per heavy atom. The van der Waals surface area contributed by atoms with Gasteiger partial charge < -0.3 is 20.3 Å². The maximum absolute atomic E-state index is 12.7. The summed E-state index contributed by atoms with van der Waals surface area (Å²) < 4.78 is 5.95. The van der Waals surface area contributed by atoms with E-state index in [1.165, 1.54) is 4.90 Å². The summed E-state index contributed by atoms with van der Waals surface area (Å²) in [6.45, 7) is 7.83. The number of ether oxygens (including phenoxy) is 1. The van der Waals surface area contributed by atoms with E-state index in [0.29, 0.717) is 17.2 Å². The molecule has 0 aliphatic heterocycles. The highest BCUT2D eigenvalue weighted by atomic mass is 16.5. The van der Waals surface area contributed by atoms with Crippen LogP contribution in [-0.4, -0.2) is 30.4 Å². The summed E-state index contributed by atoms with van der Waals surface area (Å²) >= 11 is 0. The van der Waals surface area contributed by atoms with E-state index in [-0.39, 0.29) is 12.5 Å².